The highest BCUT2D eigenvalue weighted by atomic mass is 35.5. The van der Waals surface area contributed by atoms with Crippen molar-refractivity contribution in [3.8, 4) is 0 Å². The van der Waals surface area contributed by atoms with E-state index >= 15 is 0 Å². The predicted octanol–water partition coefficient (Wildman–Crippen LogP) is 1.35. The second-order valence-corrected chi connectivity index (χ2v) is 3.78. The Hall–Kier alpha value is -0.770. The molecule has 1 aromatic rings. The van der Waals surface area contributed by atoms with Crippen molar-refractivity contribution < 1.29 is 4.79 Å². The Labute approximate surface area is 92.0 Å². The molecule has 0 unspecified atom stereocenters. The molecule has 0 saturated carbocycles. The van der Waals surface area contributed by atoms with Crippen LogP contribution in [0, 0.1) is 0 Å². The van der Waals surface area contributed by atoms with Crippen molar-refractivity contribution in [1.82, 2.24) is 0 Å². The van der Waals surface area contributed by atoms with Crippen LogP contribution in [-0.2, 0) is 11.2 Å². The fourth-order valence-electron chi connectivity index (χ4n) is 1.02. The third-order valence-corrected chi connectivity index (χ3v) is 2.54. The third-order valence-electron chi connectivity index (χ3n) is 1.81. The van der Waals surface area contributed by atoms with Crippen molar-refractivity contribution >= 4 is 29.1 Å². The lowest BCUT2D eigenvalue weighted by atomic mass is 10.1. The van der Waals surface area contributed by atoms with Gasteiger partial charge in [-0.1, -0.05) is 29.3 Å². The molecule has 0 bridgehead atoms. The van der Waals surface area contributed by atoms with E-state index in [0.717, 1.165) is 5.56 Å². The van der Waals surface area contributed by atoms with Crippen LogP contribution in [0.25, 0.3) is 0 Å². The first-order valence-electron chi connectivity index (χ1n) is 3.99. The second kappa shape index (κ2) is 4.64. The lowest BCUT2D eigenvalue weighted by Crippen LogP contribution is -2.38. The lowest BCUT2D eigenvalue weighted by molar-refractivity contribution is -0.119. The van der Waals surface area contributed by atoms with Crippen LogP contribution in [0.3, 0.4) is 0 Å². The topological polar surface area (TPSA) is 69.1 Å². The van der Waals surface area contributed by atoms with Gasteiger partial charge in [0, 0.05) is 0 Å². The summed E-state index contributed by atoms with van der Waals surface area (Å²) in [6.07, 6.45) is 0.367. The van der Waals surface area contributed by atoms with Gasteiger partial charge in [-0.2, -0.15) is 0 Å². The largest absolute Gasteiger partial charge is 0.368 e. The molecule has 0 spiro atoms. The average molecular weight is 233 g/mol. The monoisotopic (exact) mass is 232 g/mol. The number of rotatable bonds is 3. The fourth-order valence-corrected chi connectivity index (χ4v) is 1.34. The highest BCUT2D eigenvalue weighted by Gasteiger charge is 2.10. The number of hydrogen-bond acceptors (Lipinski definition) is 2. The number of halogens is 2. The molecule has 0 radical (unpaired) electrons. The summed E-state index contributed by atoms with van der Waals surface area (Å²) in [4.78, 5) is 10.7. The zero-order valence-electron chi connectivity index (χ0n) is 7.34. The molecular weight excluding hydrogens is 223 g/mol. The van der Waals surface area contributed by atoms with E-state index in [9.17, 15) is 4.79 Å². The first-order valence-corrected chi connectivity index (χ1v) is 4.75. The Morgan fingerprint density at radius 3 is 2.50 bits per heavy atom. The van der Waals surface area contributed by atoms with Gasteiger partial charge in [0.05, 0.1) is 16.1 Å². The molecule has 0 aliphatic heterocycles. The molecule has 0 saturated heterocycles. The van der Waals surface area contributed by atoms with Crippen molar-refractivity contribution in [3.05, 3.63) is 33.8 Å². The zero-order chi connectivity index (χ0) is 10.7. The Morgan fingerprint density at radius 2 is 2.00 bits per heavy atom. The van der Waals surface area contributed by atoms with Crippen LogP contribution in [0.5, 0.6) is 0 Å². The predicted molar refractivity (Wildman–Crippen MR) is 57.3 cm³/mol. The Bertz CT molecular complexity index is 355. The van der Waals surface area contributed by atoms with E-state index in [1.165, 1.54) is 0 Å². The van der Waals surface area contributed by atoms with Crippen molar-refractivity contribution in [1.29, 1.82) is 0 Å². The summed E-state index contributed by atoms with van der Waals surface area (Å²) in [5, 5.41) is 0.920. The second-order valence-electron chi connectivity index (χ2n) is 2.96. The van der Waals surface area contributed by atoms with Gasteiger partial charge in [0.25, 0.3) is 0 Å². The SMILES string of the molecule is NC(=O)[C@H](N)Cc1ccc(Cl)c(Cl)c1. The maximum absolute atomic E-state index is 10.7. The summed E-state index contributed by atoms with van der Waals surface area (Å²) >= 11 is 11.5. The Kier molecular flexibility index (Phi) is 3.75. The summed E-state index contributed by atoms with van der Waals surface area (Å²) in [7, 11) is 0. The minimum Gasteiger partial charge on any atom is -0.368 e. The Morgan fingerprint density at radius 1 is 1.36 bits per heavy atom. The summed E-state index contributed by atoms with van der Waals surface area (Å²) < 4.78 is 0. The molecule has 0 aliphatic carbocycles. The zero-order valence-corrected chi connectivity index (χ0v) is 8.85. The summed E-state index contributed by atoms with van der Waals surface area (Å²) in [6, 6.07) is 4.41. The standard InChI is InChI=1S/C9H10Cl2N2O/c10-6-2-1-5(3-7(6)11)4-8(12)9(13)14/h1-3,8H,4,12H2,(H2,13,14)/t8-/m1/s1. The highest BCUT2D eigenvalue weighted by molar-refractivity contribution is 6.42. The van der Waals surface area contributed by atoms with Crippen LogP contribution in [0.4, 0.5) is 0 Å². The molecule has 1 aromatic carbocycles. The number of carbonyl (C=O) groups excluding carboxylic acids is 1. The first-order chi connectivity index (χ1) is 6.50. The van der Waals surface area contributed by atoms with E-state index in [4.69, 9.17) is 34.7 Å². The van der Waals surface area contributed by atoms with Gasteiger partial charge >= 0.3 is 0 Å². The van der Waals surface area contributed by atoms with Gasteiger partial charge < -0.3 is 11.5 Å². The number of carbonyl (C=O) groups is 1. The molecule has 1 amide bonds. The first kappa shape index (κ1) is 11.3. The number of benzene rings is 1. The average Bonchev–Trinajstić information content (AvgIpc) is 2.11. The summed E-state index contributed by atoms with van der Waals surface area (Å²) in [5.41, 5.74) is 11.4. The van der Waals surface area contributed by atoms with E-state index in [-0.39, 0.29) is 0 Å². The summed E-state index contributed by atoms with van der Waals surface area (Å²) in [5.74, 6) is -0.531. The molecule has 0 aliphatic rings. The van der Waals surface area contributed by atoms with Crippen molar-refractivity contribution in [2.45, 2.75) is 12.5 Å². The molecule has 1 atom stereocenters. The Balaban J connectivity index is 2.78. The smallest absolute Gasteiger partial charge is 0.234 e. The molecular formula is C9H10Cl2N2O. The molecule has 3 nitrogen and oxygen atoms in total. The third kappa shape index (κ3) is 2.87. The van der Waals surface area contributed by atoms with E-state index in [1.54, 1.807) is 18.2 Å². The fraction of sp³-hybridized carbons (Fsp3) is 0.222. The van der Waals surface area contributed by atoms with Crippen LogP contribution in [0.2, 0.25) is 10.0 Å². The van der Waals surface area contributed by atoms with E-state index < -0.39 is 11.9 Å². The van der Waals surface area contributed by atoms with Crippen molar-refractivity contribution in [3.63, 3.8) is 0 Å². The van der Waals surface area contributed by atoms with Gasteiger partial charge in [0.1, 0.15) is 0 Å². The normalized spacial score (nSPS) is 12.5. The quantitative estimate of drug-likeness (QED) is 0.827. The van der Waals surface area contributed by atoms with Gasteiger partial charge in [-0.05, 0) is 24.1 Å². The van der Waals surface area contributed by atoms with E-state index in [2.05, 4.69) is 0 Å². The van der Waals surface area contributed by atoms with Crippen molar-refractivity contribution in [2.75, 3.05) is 0 Å². The van der Waals surface area contributed by atoms with Gasteiger partial charge in [-0.3, -0.25) is 4.79 Å². The molecule has 76 valence electrons. The summed E-state index contributed by atoms with van der Waals surface area (Å²) in [6.45, 7) is 0. The van der Waals surface area contributed by atoms with Crippen LogP contribution in [0.1, 0.15) is 5.56 Å². The molecule has 14 heavy (non-hydrogen) atoms. The number of amides is 1. The highest BCUT2D eigenvalue weighted by Crippen LogP contribution is 2.22. The van der Waals surface area contributed by atoms with Gasteiger partial charge in [0.15, 0.2) is 0 Å². The van der Waals surface area contributed by atoms with Crippen molar-refractivity contribution in [2.24, 2.45) is 11.5 Å². The van der Waals surface area contributed by atoms with Crippen LogP contribution >= 0.6 is 23.2 Å². The van der Waals surface area contributed by atoms with Crippen LogP contribution < -0.4 is 11.5 Å². The van der Waals surface area contributed by atoms with Crippen LogP contribution in [0.15, 0.2) is 18.2 Å². The molecule has 0 aromatic heterocycles. The minimum atomic E-state index is -0.688. The van der Waals surface area contributed by atoms with E-state index in [1.807, 2.05) is 0 Å². The maximum atomic E-state index is 10.7. The van der Waals surface area contributed by atoms with Gasteiger partial charge in [0.2, 0.25) is 5.91 Å². The lowest BCUT2D eigenvalue weighted by Gasteiger charge is -2.07. The van der Waals surface area contributed by atoms with Crippen LogP contribution in [-0.4, -0.2) is 11.9 Å². The van der Waals surface area contributed by atoms with Gasteiger partial charge in [-0.25, -0.2) is 0 Å². The minimum absolute atomic E-state index is 0.367. The maximum Gasteiger partial charge on any atom is 0.234 e. The number of nitrogens with two attached hydrogens (primary N) is 2. The number of primary amides is 1. The number of hydrogen-bond donors (Lipinski definition) is 2. The molecule has 0 heterocycles. The molecule has 5 heteroatoms. The van der Waals surface area contributed by atoms with E-state index in [0.29, 0.717) is 16.5 Å². The van der Waals surface area contributed by atoms with Gasteiger partial charge in [-0.15, -0.1) is 0 Å². The molecule has 4 N–H and O–H groups in total. The molecule has 0 fully saturated rings. The molecule has 1 rings (SSSR count).